The summed E-state index contributed by atoms with van der Waals surface area (Å²) < 4.78 is 10.0. The van der Waals surface area contributed by atoms with E-state index in [1.165, 1.54) is 0 Å². The molecular weight excluding hydrogens is 196 g/mol. The van der Waals surface area contributed by atoms with Crippen LogP contribution in [-0.2, 0) is 14.3 Å². The van der Waals surface area contributed by atoms with Crippen molar-refractivity contribution in [1.29, 1.82) is 0 Å². The number of nitrogens with one attached hydrogen (secondary N) is 1. The highest BCUT2D eigenvalue weighted by Gasteiger charge is 2.17. The Morgan fingerprint density at radius 3 is 2.47 bits per heavy atom. The molecule has 1 amide bonds. The van der Waals surface area contributed by atoms with Crippen LogP contribution in [0.3, 0.4) is 0 Å². The molecule has 0 heterocycles. The maximum atomic E-state index is 11.4. The van der Waals surface area contributed by atoms with Crippen molar-refractivity contribution in [2.45, 2.75) is 31.9 Å². The molecule has 0 aliphatic heterocycles. The van der Waals surface area contributed by atoms with E-state index in [-0.39, 0.29) is 12.0 Å². The highest BCUT2D eigenvalue weighted by atomic mass is 16.5. The van der Waals surface area contributed by atoms with E-state index in [2.05, 4.69) is 5.32 Å². The van der Waals surface area contributed by atoms with Crippen LogP contribution in [-0.4, -0.2) is 44.9 Å². The number of rotatable bonds is 7. The topological polar surface area (TPSA) is 73.6 Å². The molecule has 15 heavy (non-hydrogen) atoms. The average molecular weight is 218 g/mol. The fourth-order valence-electron chi connectivity index (χ4n) is 1.10. The normalized spacial score (nSPS) is 13.7. The van der Waals surface area contributed by atoms with E-state index in [1.54, 1.807) is 14.2 Å². The molecular formula is C10H22N2O3. The molecule has 90 valence electrons. The summed E-state index contributed by atoms with van der Waals surface area (Å²) in [6.07, 6.45) is 0.191. The molecule has 3 N–H and O–H groups in total. The van der Waals surface area contributed by atoms with Crippen molar-refractivity contribution in [3.05, 3.63) is 0 Å². The fraction of sp³-hybridized carbons (Fsp3) is 0.900. The molecule has 1 unspecified atom stereocenters. The molecule has 0 aromatic carbocycles. The lowest BCUT2D eigenvalue weighted by Crippen LogP contribution is -2.42. The standard InChI is InChI=1S/C10H22N2O3/c1-10(2,11)5-9(13)12-6-8(15-4)7-14-3/h8H,5-7,11H2,1-4H3,(H,12,13). The van der Waals surface area contributed by atoms with E-state index in [1.807, 2.05) is 13.8 Å². The van der Waals surface area contributed by atoms with E-state index in [0.717, 1.165) is 0 Å². The van der Waals surface area contributed by atoms with E-state index in [0.29, 0.717) is 19.6 Å². The SMILES string of the molecule is COCC(CNC(=O)CC(C)(C)N)OC. The van der Waals surface area contributed by atoms with Crippen molar-refractivity contribution in [1.82, 2.24) is 5.32 Å². The van der Waals surface area contributed by atoms with Crippen molar-refractivity contribution in [3.8, 4) is 0 Å². The Morgan fingerprint density at radius 2 is 2.07 bits per heavy atom. The molecule has 0 aromatic rings. The number of hydrogen-bond donors (Lipinski definition) is 2. The van der Waals surface area contributed by atoms with Gasteiger partial charge >= 0.3 is 0 Å². The largest absolute Gasteiger partial charge is 0.382 e. The van der Waals surface area contributed by atoms with Gasteiger partial charge in [-0.1, -0.05) is 0 Å². The van der Waals surface area contributed by atoms with Gasteiger partial charge in [0.25, 0.3) is 0 Å². The third kappa shape index (κ3) is 8.35. The maximum absolute atomic E-state index is 11.4. The van der Waals surface area contributed by atoms with Crippen molar-refractivity contribution in [2.75, 3.05) is 27.4 Å². The fourth-order valence-corrected chi connectivity index (χ4v) is 1.10. The molecule has 1 atom stereocenters. The Kier molecular flexibility index (Phi) is 6.47. The molecule has 0 radical (unpaired) electrons. The van der Waals surface area contributed by atoms with Gasteiger partial charge in [-0.25, -0.2) is 0 Å². The molecule has 5 heteroatoms. The van der Waals surface area contributed by atoms with E-state index >= 15 is 0 Å². The van der Waals surface area contributed by atoms with E-state index in [4.69, 9.17) is 15.2 Å². The van der Waals surface area contributed by atoms with Gasteiger partial charge in [0.1, 0.15) is 0 Å². The van der Waals surface area contributed by atoms with Gasteiger partial charge in [-0.15, -0.1) is 0 Å². The molecule has 0 rings (SSSR count). The van der Waals surface area contributed by atoms with Gasteiger partial charge in [-0.3, -0.25) is 4.79 Å². The smallest absolute Gasteiger partial charge is 0.221 e. The molecule has 0 aliphatic carbocycles. The van der Waals surface area contributed by atoms with Crippen molar-refractivity contribution in [2.24, 2.45) is 5.73 Å². The van der Waals surface area contributed by atoms with Gasteiger partial charge in [-0.2, -0.15) is 0 Å². The van der Waals surface area contributed by atoms with Crippen LogP contribution in [0, 0.1) is 0 Å². The Hall–Kier alpha value is -0.650. The summed E-state index contributed by atoms with van der Waals surface area (Å²) in [5.74, 6) is -0.0688. The zero-order valence-electron chi connectivity index (χ0n) is 10.0. The first kappa shape index (κ1) is 14.3. The third-order valence-corrected chi connectivity index (χ3v) is 1.83. The van der Waals surface area contributed by atoms with Crippen LogP contribution in [0.2, 0.25) is 0 Å². The average Bonchev–Trinajstić information content (AvgIpc) is 2.09. The van der Waals surface area contributed by atoms with Crippen LogP contribution in [0.25, 0.3) is 0 Å². The van der Waals surface area contributed by atoms with Crippen LogP contribution < -0.4 is 11.1 Å². The Balaban J connectivity index is 3.78. The van der Waals surface area contributed by atoms with Crippen LogP contribution in [0.4, 0.5) is 0 Å². The van der Waals surface area contributed by atoms with Gasteiger partial charge in [-0.05, 0) is 13.8 Å². The monoisotopic (exact) mass is 218 g/mol. The van der Waals surface area contributed by atoms with Gasteiger partial charge < -0.3 is 20.5 Å². The maximum Gasteiger partial charge on any atom is 0.221 e. The Labute approximate surface area is 91.3 Å². The summed E-state index contributed by atoms with van der Waals surface area (Å²) in [7, 11) is 3.18. The lowest BCUT2D eigenvalue weighted by atomic mass is 10.0. The molecule has 0 aliphatic rings. The lowest BCUT2D eigenvalue weighted by molar-refractivity contribution is -0.122. The van der Waals surface area contributed by atoms with Gasteiger partial charge in [0.2, 0.25) is 5.91 Å². The van der Waals surface area contributed by atoms with Crippen molar-refractivity contribution in [3.63, 3.8) is 0 Å². The number of methoxy groups -OCH3 is 2. The summed E-state index contributed by atoms with van der Waals surface area (Å²) in [5, 5.41) is 2.75. The predicted octanol–water partition coefficient (Wildman–Crippen LogP) is -0.109. The summed E-state index contributed by atoms with van der Waals surface area (Å²) >= 11 is 0. The minimum atomic E-state index is -0.478. The second-order valence-corrected chi connectivity index (χ2v) is 4.28. The highest BCUT2D eigenvalue weighted by molar-refractivity contribution is 5.77. The first-order valence-corrected chi connectivity index (χ1v) is 4.96. The third-order valence-electron chi connectivity index (χ3n) is 1.83. The predicted molar refractivity (Wildman–Crippen MR) is 58.6 cm³/mol. The molecule has 0 bridgehead atoms. The molecule has 0 saturated carbocycles. The quantitative estimate of drug-likeness (QED) is 0.625. The van der Waals surface area contributed by atoms with Crippen LogP contribution >= 0.6 is 0 Å². The Morgan fingerprint density at radius 1 is 1.47 bits per heavy atom. The highest BCUT2D eigenvalue weighted by Crippen LogP contribution is 2.02. The summed E-state index contributed by atoms with van der Waals surface area (Å²) in [5.41, 5.74) is 5.24. The summed E-state index contributed by atoms with van der Waals surface area (Å²) in [6.45, 7) is 4.53. The number of carbonyl (C=O) groups is 1. The zero-order chi connectivity index (χ0) is 11.9. The van der Waals surface area contributed by atoms with Crippen molar-refractivity contribution < 1.29 is 14.3 Å². The van der Waals surface area contributed by atoms with Crippen LogP contribution in [0.5, 0.6) is 0 Å². The van der Waals surface area contributed by atoms with Crippen LogP contribution in [0.15, 0.2) is 0 Å². The molecule has 0 fully saturated rings. The molecule has 0 spiro atoms. The number of amides is 1. The number of ether oxygens (including phenoxy) is 2. The zero-order valence-corrected chi connectivity index (χ0v) is 10.0. The summed E-state index contributed by atoms with van der Waals surface area (Å²) in [4.78, 5) is 11.4. The van der Waals surface area contributed by atoms with Crippen LogP contribution in [0.1, 0.15) is 20.3 Å². The summed E-state index contributed by atoms with van der Waals surface area (Å²) in [6, 6.07) is 0. The van der Waals surface area contributed by atoms with Gasteiger partial charge in [0, 0.05) is 32.7 Å². The van der Waals surface area contributed by atoms with Gasteiger partial charge in [0.05, 0.1) is 12.7 Å². The molecule has 0 aromatic heterocycles. The second-order valence-electron chi connectivity index (χ2n) is 4.28. The van der Waals surface area contributed by atoms with Crippen molar-refractivity contribution >= 4 is 5.91 Å². The number of nitrogens with two attached hydrogens (primary N) is 1. The number of carbonyl (C=O) groups excluding carboxylic acids is 1. The second kappa shape index (κ2) is 6.76. The van der Waals surface area contributed by atoms with E-state index < -0.39 is 5.54 Å². The van der Waals surface area contributed by atoms with E-state index in [9.17, 15) is 4.79 Å². The minimum absolute atomic E-state index is 0.0688. The van der Waals surface area contributed by atoms with Gasteiger partial charge in [0.15, 0.2) is 0 Å². The minimum Gasteiger partial charge on any atom is -0.382 e. The first-order valence-electron chi connectivity index (χ1n) is 4.96. The first-order chi connectivity index (χ1) is 6.89. The molecule has 5 nitrogen and oxygen atoms in total. The Bertz CT molecular complexity index is 190. The number of hydrogen-bond acceptors (Lipinski definition) is 4. The molecule has 0 saturated heterocycles. The lowest BCUT2D eigenvalue weighted by Gasteiger charge is -2.19.